The topological polar surface area (TPSA) is 122 Å². The molecule has 2 amide bonds. The number of nitrogens with zero attached hydrogens (tertiary/aromatic N) is 5. The van der Waals surface area contributed by atoms with Crippen LogP contribution in [-0.2, 0) is 19.1 Å². The van der Waals surface area contributed by atoms with Gasteiger partial charge in [-0.3, -0.25) is 14.0 Å². The fourth-order valence-electron chi connectivity index (χ4n) is 5.84. The fraction of sp³-hybridized carbons (Fsp3) is 0.317. The first-order valence-electron chi connectivity index (χ1n) is 18.5. The summed E-state index contributed by atoms with van der Waals surface area (Å²) in [7, 11) is -1.00. The summed E-state index contributed by atoms with van der Waals surface area (Å²) in [6, 6.07) is 32.9. The summed E-state index contributed by atoms with van der Waals surface area (Å²) in [6.45, 7) is 8.37. The minimum atomic E-state index is -1.00. The van der Waals surface area contributed by atoms with E-state index in [1.165, 1.54) is 21.5 Å². The van der Waals surface area contributed by atoms with Crippen LogP contribution in [0.25, 0.3) is 32.9 Å². The van der Waals surface area contributed by atoms with Crippen molar-refractivity contribution in [3.05, 3.63) is 108 Å². The van der Waals surface area contributed by atoms with Gasteiger partial charge in [0.15, 0.2) is 0 Å². The number of benzene rings is 4. The molecule has 2 aromatic heterocycles. The molecule has 4 aromatic carbocycles. The van der Waals surface area contributed by atoms with Crippen LogP contribution in [0.4, 0.5) is 4.39 Å². The molecule has 0 aliphatic carbocycles. The first-order chi connectivity index (χ1) is 27.3. The second-order valence-corrected chi connectivity index (χ2v) is 12.7. The van der Waals surface area contributed by atoms with Crippen molar-refractivity contribution in [2.75, 3.05) is 72.3 Å². The first-order valence-corrected chi connectivity index (χ1v) is 18.3. The third-order valence-corrected chi connectivity index (χ3v) is 8.66. The number of nitrogens with one attached hydrogen (secondary N) is 1. The zero-order valence-corrected chi connectivity index (χ0v) is 34.7. The Bertz CT molecular complexity index is 2190. The van der Waals surface area contributed by atoms with Crippen molar-refractivity contribution >= 4 is 45.0 Å². The van der Waals surface area contributed by atoms with E-state index in [0.29, 0.717) is 63.7 Å². The first kappa shape index (κ1) is 42.6. The summed E-state index contributed by atoms with van der Waals surface area (Å²) in [5, 5.41) is 16.4. The number of amides is 2. The van der Waals surface area contributed by atoms with E-state index in [9.17, 15) is 14.0 Å². The number of aromatic nitrogens is 4. The molecule has 4 heterocycles. The number of hydrogen-bond acceptors (Lipinski definition) is 8. The molecule has 2 aliphatic heterocycles. The number of carbonyl (C=O) groups is 2. The Hall–Kier alpha value is -4.50. The standard InChI is InChI=1S/C20H21N3O3.C16H15ClN2O.C4H7NO2.CH3F.Na.H/c1-15-12-19(26-11-9-22-8-10-25-14-20(22)24)21-23(15)18-7-6-16-4-2-3-5-17(16)13-18;1-12-10-16(20-9-8-17)18-19(12)15-7-6-13-4-2-3-5-14(13)11-15;6-4-3-7-2-1-5-4;1-2;;/h2-7,12-13H,8-11,14H2,1H3;2-7,10-11H,8-9H2,1H3;1-3H2,(H,5,6);1H3;;/q;;;;+1;-1/i;;;1D;;. The molecule has 12 nitrogen and oxygen atoms in total. The summed E-state index contributed by atoms with van der Waals surface area (Å²) in [6.07, 6.45) is 0. The van der Waals surface area contributed by atoms with Gasteiger partial charge in [0.05, 0.1) is 45.5 Å². The number of rotatable bonds is 9. The Balaban J connectivity index is 0.000000249. The molecule has 2 saturated heterocycles. The van der Waals surface area contributed by atoms with Crippen LogP contribution in [0, 0.1) is 13.8 Å². The molecule has 8 rings (SSSR count). The van der Waals surface area contributed by atoms with E-state index in [1.807, 2.05) is 59.6 Å². The third-order valence-electron chi connectivity index (χ3n) is 8.51. The molecule has 6 aromatic rings. The molecule has 56 heavy (non-hydrogen) atoms. The van der Waals surface area contributed by atoms with Crippen molar-refractivity contribution in [1.82, 2.24) is 29.8 Å². The maximum Gasteiger partial charge on any atom is 1.00 e. The van der Waals surface area contributed by atoms with Crippen molar-refractivity contribution in [3.8, 4) is 23.1 Å². The second-order valence-electron chi connectivity index (χ2n) is 12.4. The Morgan fingerprint density at radius 3 is 1.77 bits per heavy atom. The summed E-state index contributed by atoms with van der Waals surface area (Å²) in [5.41, 5.74) is 4.06. The third kappa shape index (κ3) is 12.5. The molecule has 292 valence electrons. The van der Waals surface area contributed by atoms with Crippen molar-refractivity contribution in [2.45, 2.75) is 13.8 Å². The van der Waals surface area contributed by atoms with E-state index < -0.39 is 7.15 Å². The molecule has 0 radical (unpaired) electrons. The molecular weight excluding hydrogens is 750 g/mol. The van der Waals surface area contributed by atoms with E-state index >= 15 is 0 Å². The van der Waals surface area contributed by atoms with Crippen molar-refractivity contribution in [3.63, 3.8) is 0 Å². The minimum absolute atomic E-state index is 0. The van der Waals surface area contributed by atoms with Crippen LogP contribution in [0.3, 0.4) is 0 Å². The van der Waals surface area contributed by atoms with E-state index in [1.54, 1.807) is 4.90 Å². The maximum absolute atomic E-state index is 11.7. The Morgan fingerprint density at radius 1 is 0.786 bits per heavy atom. The van der Waals surface area contributed by atoms with Crippen LogP contribution in [0.5, 0.6) is 11.8 Å². The quantitative estimate of drug-likeness (QED) is 0.175. The second kappa shape index (κ2) is 22.9. The number of morpholine rings is 2. The van der Waals surface area contributed by atoms with Crippen LogP contribution < -0.4 is 44.3 Å². The SMILES string of the molecule is Cc1cc(OCCCl)nn1-c1ccc2ccccc2c1.Cc1cc(OCCN2CCOCC2=O)nn1-c1ccc2ccccc2c1.O=C1COCCN1.[2H]CF.[H-].[Na+]. The average molecular weight is 798 g/mol. The van der Waals surface area contributed by atoms with Crippen molar-refractivity contribution in [1.29, 1.82) is 0 Å². The van der Waals surface area contributed by atoms with Crippen LogP contribution in [-0.4, -0.2) is 109 Å². The number of ether oxygens (including phenoxy) is 4. The summed E-state index contributed by atoms with van der Waals surface area (Å²) in [4.78, 5) is 23.7. The van der Waals surface area contributed by atoms with Gasteiger partial charge < -0.3 is 30.6 Å². The number of hydrogen-bond donors (Lipinski definition) is 1. The summed E-state index contributed by atoms with van der Waals surface area (Å²) < 4.78 is 40.4. The molecule has 0 saturated carbocycles. The normalized spacial score (nSPS) is 13.8. The number of halogens is 2. The van der Waals surface area contributed by atoms with Gasteiger partial charge in [0, 0.05) is 36.6 Å². The number of fused-ring (bicyclic) bond motifs is 2. The Kier molecular flexibility index (Phi) is 17.4. The minimum Gasteiger partial charge on any atom is -1.00 e. The zero-order valence-electron chi connectivity index (χ0n) is 34.0. The predicted molar refractivity (Wildman–Crippen MR) is 213 cm³/mol. The molecule has 2 aliphatic rings. The molecule has 2 fully saturated rings. The Labute approximate surface area is 356 Å². The Morgan fingerprint density at radius 2 is 1.30 bits per heavy atom. The molecule has 0 atom stereocenters. The van der Waals surface area contributed by atoms with Crippen LogP contribution in [0.1, 0.15) is 14.2 Å². The van der Waals surface area contributed by atoms with E-state index in [2.05, 4.69) is 76.2 Å². The van der Waals surface area contributed by atoms with Crippen molar-refractivity contribution in [2.24, 2.45) is 0 Å². The average Bonchev–Trinajstić information content (AvgIpc) is 3.79. The molecule has 0 unspecified atom stereocenters. The molecule has 0 bridgehead atoms. The van der Waals surface area contributed by atoms with E-state index in [4.69, 9.17) is 31.9 Å². The van der Waals surface area contributed by atoms with Gasteiger partial charge in [0.2, 0.25) is 23.6 Å². The smallest absolute Gasteiger partial charge is 1.00 e. The van der Waals surface area contributed by atoms with Crippen molar-refractivity contribution < 1.29 is 65.3 Å². The van der Waals surface area contributed by atoms with E-state index in [-0.39, 0.29) is 56.0 Å². The molecular formula is C41H47ClFN6NaO6. The van der Waals surface area contributed by atoms with Gasteiger partial charge in [-0.15, -0.1) is 21.8 Å². The molecule has 0 spiro atoms. The summed E-state index contributed by atoms with van der Waals surface area (Å²) in [5.74, 6) is 1.64. The van der Waals surface area contributed by atoms with Gasteiger partial charge in [0.1, 0.15) is 26.4 Å². The van der Waals surface area contributed by atoms with Crippen LogP contribution in [0.2, 0.25) is 0 Å². The number of aryl methyl sites for hydroxylation is 2. The van der Waals surface area contributed by atoms with Gasteiger partial charge in [-0.25, -0.2) is 9.36 Å². The van der Waals surface area contributed by atoms with Gasteiger partial charge in [0.25, 0.3) is 0 Å². The van der Waals surface area contributed by atoms with E-state index in [0.717, 1.165) is 22.8 Å². The van der Waals surface area contributed by atoms with Gasteiger partial charge in [-0.2, -0.15) is 0 Å². The number of carbonyl (C=O) groups excluding carboxylic acids is 2. The van der Waals surface area contributed by atoms with Crippen LogP contribution in [0.15, 0.2) is 97.1 Å². The zero-order chi connectivity index (χ0) is 39.7. The molecule has 1 N–H and O–H groups in total. The van der Waals surface area contributed by atoms with Gasteiger partial charge in [-0.1, -0.05) is 60.7 Å². The van der Waals surface area contributed by atoms with Gasteiger partial charge in [-0.05, 0) is 59.7 Å². The number of alkyl halides is 2. The summed E-state index contributed by atoms with van der Waals surface area (Å²) >= 11 is 5.62. The van der Waals surface area contributed by atoms with Gasteiger partial charge >= 0.3 is 29.6 Å². The predicted octanol–water partition coefficient (Wildman–Crippen LogP) is 3.36. The molecule has 15 heteroatoms. The largest absolute Gasteiger partial charge is 1.00 e. The monoisotopic (exact) mass is 797 g/mol. The maximum atomic E-state index is 11.7. The fourth-order valence-corrected chi connectivity index (χ4v) is 5.92. The van der Waals surface area contributed by atoms with Crippen LogP contribution >= 0.6 is 11.6 Å².